The van der Waals surface area contributed by atoms with E-state index >= 15 is 0 Å². The maximum atomic E-state index is 5.51. The second-order valence-corrected chi connectivity index (χ2v) is 9.84. The minimum Gasteiger partial charge on any atom is -0.497 e. The third-order valence-electron chi connectivity index (χ3n) is 6.02. The van der Waals surface area contributed by atoms with Crippen LogP contribution in [-0.2, 0) is 0 Å². The Labute approximate surface area is 197 Å². The van der Waals surface area contributed by atoms with Gasteiger partial charge in [0.1, 0.15) is 5.75 Å². The molecule has 7 heteroatoms. The first-order valence-electron chi connectivity index (χ1n) is 11.6. The van der Waals surface area contributed by atoms with Gasteiger partial charge in [-0.1, -0.05) is 19.9 Å². The highest BCUT2D eigenvalue weighted by atomic mass is 16.5. The molecule has 0 aliphatic carbocycles. The molecule has 0 saturated carbocycles. The van der Waals surface area contributed by atoms with Crippen molar-refractivity contribution in [1.29, 1.82) is 0 Å². The zero-order valence-electron chi connectivity index (χ0n) is 20.5. The first kappa shape index (κ1) is 23.3. The Morgan fingerprint density at radius 3 is 2.64 bits per heavy atom. The summed E-state index contributed by atoms with van der Waals surface area (Å²) in [6.07, 6.45) is 1.84. The second kappa shape index (κ2) is 9.93. The molecule has 176 valence electrons. The summed E-state index contributed by atoms with van der Waals surface area (Å²) < 4.78 is 5.51. The summed E-state index contributed by atoms with van der Waals surface area (Å²) in [4.78, 5) is 14.0. The van der Waals surface area contributed by atoms with Crippen molar-refractivity contribution in [3.05, 3.63) is 42.6 Å². The van der Waals surface area contributed by atoms with E-state index in [1.165, 1.54) is 16.5 Å². The lowest BCUT2D eigenvalue weighted by Gasteiger charge is -2.31. The SMILES string of the molecule is COc1ccc2cc(-c3ccnc(NCC(C)(C)CN(C)C)n3)cc(N3CCNCC3)c2c1. The van der Waals surface area contributed by atoms with E-state index in [0.717, 1.165) is 56.3 Å². The number of piperazine rings is 1. The zero-order valence-corrected chi connectivity index (χ0v) is 20.5. The molecule has 0 radical (unpaired) electrons. The van der Waals surface area contributed by atoms with Crippen LogP contribution in [0.1, 0.15) is 13.8 Å². The van der Waals surface area contributed by atoms with E-state index in [0.29, 0.717) is 5.95 Å². The molecule has 1 saturated heterocycles. The van der Waals surface area contributed by atoms with Crippen LogP contribution >= 0.6 is 0 Å². The van der Waals surface area contributed by atoms with Crippen LogP contribution in [0.2, 0.25) is 0 Å². The lowest BCUT2D eigenvalue weighted by atomic mass is 9.93. The summed E-state index contributed by atoms with van der Waals surface area (Å²) in [5.74, 6) is 1.54. The number of aromatic nitrogens is 2. The van der Waals surface area contributed by atoms with Gasteiger partial charge in [-0.25, -0.2) is 9.97 Å². The number of benzene rings is 2. The Balaban J connectivity index is 1.67. The first-order chi connectivity index (χ1) is 15.8. The molecule has 1 aliphatic heterocycles. The predicted octanol–water partition coefficient (Wildman–Crippen LogP) is 3.71. The Hall–Kier alpha value is -2.90. The summed E-state index contributed by atoms with van der Waals surface area (Å²) in [5.41, 5.74) is 3.36. The molecular formula is C26H36N6O. The molecular weight excluding hydrogens is 412 g/mol. The number of anilines is 2. The fraction of sp³-hybridized carbons (Fsp3) is 0.462. The van der Waals surface area contributed by atoms with Crippen molar-refractivity contribution >= 4 is 22.4 Å². The van der Waals surface area contributed by atoms with Gasteiger partial charge in [-0.15, -0.1) is 0 Å². The van der Waals surface area contributed by atoms with Gasteiger partial charge in [-0.2, -0.15) is 0 Å². The van der Waals surface area contributed by atoms with Crippen LogP contribution in [0.5, 0.6) is 5.75 Å². The number of methoxy groups -OCH3 is 1. The van der Waals surface area contributed by atoms with Crippen molar-refractivity contribution in [2.24, 2.45) is 5.41 Å². The fourth-order valence-electron chi connectivity index (χ4n) is 4.59. The Kier molecular flexibility index (Phi) is 7.00. The molecule has 4 rings (SSSR count). The Morgan fingerprint density at radius 2 is 1.91 bits per heavy atom. The quantitative estimate of drug-likeness (QED) is 0.545. The highest BCUT2D eigenvalue weighted by Gasteiger charge is 2.20. The van der Waals surface area contributed by atoms with Gasteiger partial charge in [0.05, 0.1) is 12.8 Å². The molecule has 2 aromatic carbocycles. The molecule has 0 bridgehead atoms. The minimum atomic E-state index is 0.111. The molecule has 1 aromatic heterocycles. The average Bonchev–Trinajstić information content (AvgIpc) is 2.82. The standard InChI is InChI=1S/C26H36N6O/c1-26(2,18-31(3)4)17-29-25-28-9-8-23(30-25)20-14-19-6-7-21(33-5)16-22(19)24(15-20)32-12-10-27-11-13-32/h6-9,14-16,27H,10-13,17-18H2,1-5H3,(H,28,29,30). The van der Waals surface area contributed by atoms with Gasteiger partial charge in [0.15, 0.2) is 0 Å². The zero-order chi connectivity index (χ0) is 23.4. The molecule has 0 atom stereocenters. The third kappa shape index (κ3) is 5.72. The topological polar surface area (TPSA) is 65.5 Å². The number of nitrogens with one attached hydrogen (secondary N) is 2. The van der Waals surface area contributed by atoms with E-state index in [1.54, 1.807) is 7.11 Å². The summed E-state index contributed by atoms with van der Waals surface area (Å²) in [5, 5.41) is 9.28. The van der Waals surface area contributed by atoms with E-state index in [2.05, 4.69) is 77.6 Å². The highest BCUT2D eigenvalue weighted by molar-refractivity contribution is 5.98. The van der Waals surface area contributed by atoms with E-state index < -0.39 is 0 Å². The van der Waals surface area contributed by atoms with Crippen molar-refractivity contribution in [3.8, 4) is 17.0 Å². The van der Waals surface area contributed by atoms with E-state index in [-0.39, 0.29) is 5.41 Å². The van der Waals surface area contributed by atoms with Gasteiger partial charge in [0.25, 0.3) is 0 Å². The number of nitrogens with zero attached hydrogens (tertiary/aromatic N) is 4. The van der Waals surface area contributed by atoms with Crippen LogP contribution < -0.4 is 20.3 Å². The number of hydrogen-bond acceptors (Lipinski definition) is 7. The Bertz CT molecular complexity index is 1090. The van der Waals surface area contributed by atoms with Crippen molar-refractivity contribution in [1.82, 2.24) is 20.2 Å². The molecule has 0 spiro atoms. The van der Waals surface area contributed by atoms with E-state index in [9.17, 15) is 0 Å². The molecule has 0 amide bonds. The molecule has 7 nitrogen and oxygen atoms in total. The lowest BCUT2D eigenvalue weighted by molar-refractivity contribution is 0.254. The van der Waals surface area contributed by atoms with Crippen molar-refractivity contribution in [2.45, 2.75) is 13.8 Å². The number of rotatable bonds is 8. The van der Waals surface area contributed by atoms with Crippen LogP contribution in [0.3, 0.4) is 0 Å². The summed E-state index contributed by atoms with van der Waals surface area (Å²) >= 11 is 0. The molecule has 0 unspecified atom stereocenters. The smallest absolute Gasteiger partial charge is 0.223 e. The number of hydrogen-bond donors (Lipinski definition) is 2. The van der Waals surface area contributed by atoms with E-state index in [4.69, 9.17) is 9.72 Å². The van der Waals surface area contributed by atoms with Gasteiger partial charge >= 0.3 is 0 Å². The van der Waals surface area contributed by atoms with Gasteiger partial charge in [-0.3, -0.25) is 0 Å². The van der Waals surface area contributed by atoms with E-state index in [1.807, 2.05) is 18.3 Å². The normalized spacial score (nSPS) is 14.7. The Morgan fingerprint density at radius 1 is 1.12 bits per heavy atom. The lowest BCUT2D eigenvalue weighted by Crippen LogP contribution is -2.43. The minimum absolute atomic E-state index is 0.111. The van der Waals surface area contributed by atoms with Crippen LogP contribution in [-0.4, -0.2) is 75.3 Å². The maximum absolute atomic E-state index is 5.51. The van der Waals surface area contributed by atoms with Crippen LogP contribution in [0.25, 0.3) is 22.0 Å². The average molecular weight is 449 g/mol. The monoisotopic (exact) mass is 448 g/mol. The summed E-state index contributed by atoms with van der Waals surface area (Å²) in [6, 6.07) is 12.7. The van der Waals surface area contributed by atoms with Crippen molar-refractivity contribution in [3.63, 3.8) is 0 Å². The van der Waals surface area contributed by atoms with Crippen LogP contribution in [0.15, 0.2) is 42.6 Å². The first-order valence-corrected chi connectivity index (χ1v) is 11.6. The predicted molar refractivity (Wildman–Crippen MR) is 137 cm³/mol. The molecule has 2 heterocycles. The van der Waals surface area contributed by atoms with Gasteiger partial charge in [0.2, 0.25) is 5.95 Å². The van der Waals surface area contributed by atoms with Crippen molar-refractivity contribution in [2.75, 3.05) is 70.7 Å². The fourth-order valence-corrected chi connectivity index (χ4v) is 4.59. The molecule has 1 aliphatic rings. The largest absolute Gasteiger partial charge is 0.497 e. The van der Waals surface area contributed by atoms with Crippen LogP contribution in [0.4, 0.5) is 11.6 Å². The van der Waals surface area contributed by atoms with Gasteiger partial charge in [-0.05, 0) is 55.2 Å². The second-order valence-electron chi connectivity index (χ2n) is 9.84. The van der Waals surface area contributed by atoms with Gasteiger partial charge in [0, 0.05) is 62.1 Å². The molecule has 3 aromatic rings. The third-order valence-corrected chi connectivity index (χ3v) is 6.02. The van der Waals surface area contributed by atoms with Crippen LogP contribution in [0, 0.1) is 5.41 Å². The summed E-state index contributed by atoms with van der Waals surface area (Å²) in [7, 11) is 5.92. The van der Waals surface area contributed by atoms with Gasteiger partial charge < -0.3 is 25.2 Å². The number of ether oxygens (including phenoxy) is 1. The highest BCUT2D eigenvalue weighted by Crippen LogP contribution is 2.35. The summed E-state index contributed by atoms with van der Waals surface area (Å²) in [6.45, 7) is 10.2. The molecule has 1 fully saturated rings. The maximum Gasteiger partial charge on any atom is 0.223 e. The van der Waals surface area contributed by atoms with Crippen molar-refractivity contribution < 1.29 is 4.74 Å². The number of fused-ring (bicyclic) bond motifs is 1. The molecule has 2 N–H and O–H groups in total. The molecule has 33 heavy (non-hydrogen) atoms.